The lowest BCUT2D eigenvalue weighted by Gasteiger charge is -2.29. The number of aromatic nitrogens is 1. The minimum atomic E-state index is -0.829. The maximum absolute atomic E-state index is 12.3. The Morgan fingerprint density at radius 3 is 2.68 bits per heavy atom. The minimum absolute atomic E-state index is 0.143. The summed E-state index contributed by atoms with van der Waals surface area (Å²) in [5.41, 5.74) is 5.23. The molecule has 1 fully saturated rings. The molecule has 0 radical (unpaired) electrons. The van der Waals surface area contributed by atoms with Crippen molar-refractivity contribution in [2.45, 2.75) is 58.9 Å². The van der Waals surface area contributed by atoms with Crippen molar-refractivity contribution < 1.29 is 9.90 Å². The van der Waals surface area contributed by atoms with Crippen molar-refractivity contribution in [3.8, 4) is 9.75 Å². The average molecular weight is 421 g/mol. The second-order valence-corrected chi connectivity index (χ2v) is 10.6. The zero-order valence-corrected chi connectivity index (χ0v) is 18.1. The molecule has 8 heteroatoms. The van der Waals surface area contributed by atoms with E-state index in [1.807, 2.05) is 0 Å². The van der Waals surface area contributed by atoms with Gasteiger partial charge in [-0.2, -0.15) is 0 Å². The first-order valence-corrected chi connectivity index (χ1v) is 11.6. The quantitative estimate of drug-likeness (QED) is 0.499. The van der Waals surface area contributed by atoms with Crippen molar-refractivity contribution in [3.05, 3.63) is 21.7 Å². The van der Waals surface area contributed by atoms with E-state index in [-0.39, 0.29) is 5.41 Å². The van der Waals surface area contributed by atoms with Crippen LogP contribution in [0, 0.1) is 5.41 Å². The van der Waals surface area contributed by atoms with Crippen LogP contribution in [0.5, 0.6) is 0 Å². The summed E-state index contributed by atoms with van der Waals surface area (Å²) in [5.74, 6) is 4.79. The standard InChI is InChI=1S/C20H28N4O2S2/c1-20(2)7-6-14-12(10-20)15(18(25)26)17(27-14)16-13(11-22-21)23-19(28-16)24-8-4-3-5-9-24/h22H,3-11,21H2,1-2H3,(H,25,26). The second-order valence-electron chi connectivity index (χ2n) is 8.55. The molecule has 0 amide bonds. The number of rotatable bonds is 5. The van der Waals surface area contributed by atoms with Crippen LogP contribution in [0.3, 0.4) is 0 Å². The Morgan fingerprint density at radius 1 is 1.25 bits per heavy atom. The number of hydrogen-bond donors (Lipinski definition) is 3. The fraction of sp³-hybridized carbons (Fsp3) is 0.600. The van der Waals surface area contributed by atoms with Gasteiger partial charge in [0.25, 0.3) is 0 Å². The van der Waals surface area contributed by atoms with Gasteiger partial charge >= 0.3 is 5.97 Å². The van der Waals surface area contributed by atoms with E-state index in [0.717, 1.165) is 58.5 Å². The van der Waals surface area contributed by atoms with Crippen LogP contribution >= 0.6 is 22.7 Å². The first-order chi connectivity index (χ1) is 13.4. The van der Waals surface area contributed by atoms with Crippen LogP contribution in [-0.2, 0) is 19.4 Å². The molecule has 6 nitrogen and oxygen atoms in total. The highest BCUT2D eigenvalue weighted by Gasteiger charge is 2.34. The maximum Gasteiger partial charge on any atom is 0.337 e. The predicted octanol–water partition coefficient (Wildman–Crippen LogP) is 4.04. The molecule has 0 unspecified atom stereocenters. The van der Waals surface area contributed by atoms with E-state index in [2.05, 4.69) is 24.2 Å². The van der Waals surface area contributed by atoms with E-state index in [1.165, 1.54) is 24.1 Å². The Morgan fingerprint density at radius 2 is 2.00 bits per heavy atom. The second kappa shape index (κ2) is 7.74. The summed E-state index contributed by atoms with van der Waals surface area (Å²) in [5, 5.41) is 11.0. The Balaban J connectivity index is 1.81. The molecular weight excluding hydrogens is 392 g/mol. The summed E-state index contributed by atoms with van der Waals surface area (Å²) in [4.78, 5) is 22.5. The van der Waals surface area contributed by atoms with E-state index in [4.69, 9.17) is 10.8 Å². The first-order valence-electron chi connectivity index (χ1n) is 9.96. The fourth-order valence-electron chi connectivity index (χ4n) is 4.26. The van der Waals surface area contributed by atoms with Gasteiger partial charge in [0.2, 0.25) is 0 Å². The molecular formula is C20H28N4O2S2. The van der Waals surface area contributed by atoms with Crippen molar-refractivity contribution in [2.24, 2.45) is 11.3 Å². The molecule has 0 spiro atoms. The molecule has 2 aromatic heterocycles. The normalized spacial score (nSPS) is 18.9. The average Bonchev–Trinajstić information content (AvgIpc) is 3.23. The zero-order valence-electron chi connectivity index (χ0n) is 16.5. The van der Waals surface area contributed by atoms with E-state index >= 15 is 0 Å². The third kappa shape index (κ3) is 3.70. The van der Waals surface area contributed by atoms with Gasteiger partial charge in [0.05, 0.1) is 27.6 Å². The van der Waals surface area contributed by atoms with Crippen molar-refractivity contribution in [1.29, 1.82) is 0 Å². The minimum Gasteiger partial charge on any atom is -0.478 e. The highest BCUT2D eigenvalue weighted by atomic mass is 32.1. The van der Waals surface area contributed by atoms with Crippen LogP contribution in [0.2, 0.25) is 0 Å². The van der Waals surface area contributed by atoms with Gasteiger partial charge in [-0.1, -0.05) is 25.2 Å². The lowest BCUT2D eigenvalue weighted by atomic mass is 9.76. The fourth-order valence-corrected chi connectivity index (χ4v) is 6.86. The van der Waals surface area contributed by atoms with Gasteiger partial charge in [-0.05, 0) is 49.5 Å². The molecule has 0 aromatic carbocycles. The summed E-state index contributed by atoms with van der Waals surface area (Å²) in [6.45, 7) is 6.92. The topological polar surface area (TPSA) is 91.5 Å². The first kappa shape index (κ1) is 19.8. The molecule has 1 aliphatic carbocycles. The smallest absolute Gasteiger partial charge is 0.337 e. The number of hydrogen-bond acceptors (Lipinski definition) is 7. The molecule has 1 saturated heterocycles. The monoisotopic (exact) mass is 420 g/mol. The Kier molecular flexibility index (Phi) is 5.48. The van der Waals surface area contributed by atoms with E-state index in [9.17, 15) is 9.90 Å². The van der Waals surface area contributed by atoms with Crippen LogP contribution in [0.15, 0.2) is 0 Å². The maximum atomic E-state index is 12.3. The van der Waals surface area contributed by atoms with Crippen LogP contribution in [0.1, 0.15) is 66.0 Å². The number of nitrogens with zero attached hydrogens (tertiary/aromatic N) is 2. The summed E-state index contributed by atoms with van der Waals surface area (Å²) < 4.78 is 0. The number of thiazole rings is 1. The van der Waals surface area contributed by atoms with Crippen molar-refractivity contribution in [2.75, 3.05) is 18.0 Å². The number of hydrazine groups is 1. The highest BCUT2D eigenvalue weighted by molar-refractivity contribution is 7.24. The summed E-state index contributed by atoms with van der Waals surface area (Å²) >= 11 is 3.27. The van der Waals surface area contributed by atoms with Gasteiger partial charge in [-0.3, -0.25) is 11.3 Å². The number of carboxylic acid groups (broad SMARTS) is 1. The van der Waals surface area contributed by atoms with Gasteiger partial charge < -0.3 is 10.0 Å². The van der Waals surface area contributed by atoms with Gasteiger partial charge in [-0.25, -0.2) is 9.78 Å². The van der Waals surface area contributed by atoms with Gasteiger partial charge in [0.15, 0.2) is 5.13 Å². The van der Waals surface area contributed by atoms with Gasteiger partial charge in [0.1, 0.15) is 0 Å². The number of carbonyl (C=O) groups is 1. The predicted molar refractivity (Wildman–Crippen MR) is 115 cm³/mol. The number of anilines is 1. The molecule has 4 N–H and O–H groups in total. The largest absolute Gasteiger partial charge is 0.478 e. The molecule has 3 heterocycles. The number of carboxylic acids is 1. The SMILES string of the molecule is CC1(C)CCc2sc(-c3sc(N4CCCCC4)nc3CNN)c(C(=O)O)c2C1. The number of fused-ring (bicyclic) bond motifs is 1. The molecule has 1 aliphatic heterocycles. The Labute approximate surface area is 173 Å². The summed E-state index contributed by atoms with van der Waals surface area (Å²) in [6, 6.07) is 0. The molecule has 2 aromatic rings. The van der Waals surface area contributed by atoms with Crippen LogP contribution in [0.25, 0.3) is 9.75 Å². The van der Waals surface area contributed by atoms with E-state index < -0.39 is 5.97 Å². The van der Waals surface area contributed by atoms with E-state index in [1.54, 1.807) is 22.7 Å². The van der Waals surface area contributed by atoms with Gasteiger partial charge in [0, 0.05) is 18.0 Å². The lowest BCUT2D eigenvalue weighted by molar-refractivity contribution is 0.0696. The van der Waals surface area contributed by atoms with Crippen molar-refractivity contribution in [1.82, 2.24) is 10.4 Å². The molecule has 0 saturated carbocycles. The third-order valence-corrected chi connectivity index (χ3v) is 8.39. The number of piperidine rings is 1. The lowest BCUT2D eigenvalue weighted by Crippen LogP contribution is -2.29. The Hall–Kier alpha value is -1.48. The highest BCUT2D eigenvalue weighted by Crippen LogP contribution is 2.48. The molecule has 152 valence electrons. The molecule has 2 aliphatic rings. The number of nitrogens with one attached hydrogen (secondary N) is 1. The molecule has 4 rings (SSSR count). The number of thiophene rings is 1. The van der Waals surface area contributed by atoms with Gasteiger partial charge in [-0.15, -0.1) is 11.3 Å². The van der Waals surface area contributed by atoms with Crippen LogP contribution < -0.4 is 16.2 Å². The molecule has 0 atom stereocenters. The number of aryl methyl sites for hydroxylation is 1. The van der Waals surface area contributed by atoms with Crippen LogP contribution in [-0.4, -0.2) is 29.1 Å². The van der Waals surface area contributed by atoms with Crippen LogP contribution in [0.4, 0.5) is 5.13 Å². The van der Waals surface area contributed by atoms with Crippen molar-refractivity contribution >= 4 is 33.8 Å². The summed E-state index contributed by atoms with van der Waals surface area (Å²) in [6.07, 6.45) is 6.50. The number of nitrogens with two attached hydrogens (primary N) is 1. The summed E-state index contributed by atoms with van der Waals surface area (Å²) in [7, 11) is 0. The van der Waals surface area contributed by atoms with E-state index in [0.29, 0.717) is 12.1 Å². The molecule has 0 bridgehead atoms. The van der Waals surface area contributed by atoms with Crippen molar-refractivity contribution in [3.63, 3.8) is 0 Å². The molecule has 28 heavy (non-hydrogen) atoms. The third-order valence-electron chi connectivity index (χ3n) is 5.78. The Bertz CT molecular complexity index is 881. The number of aromatic carboxylic acids is 1. The zero-order chi connectivity index (χ0) is 19.9.